The Morgan fingerprint density at radius 1 is 1.28 bits per heavy atom. The zero-order valence-corrected chi connectivity index (χ0v) is 15.9. The van der Waals surface area contributed by atoms with Gasteiger partial charge in [-0.2, -0.15) is 5.26 Å². The van der Waals surface area contributed by atoms with Crippen LogP contribution in [-0.4, -0.2) is 23.4 Å². The Balaban J connectivity index is 2.22. The number of hydrogen-bond acceptors (Lipinski definition) is 7. The number of nitriles is 1. The fraction of sp³-hybridized carbons (Fsp3) is 0.105. The van der Waals surface area contributed by atoms with E-state index in [0.29, 0.717) is 0 Å². The number of non-ortho nitro benzene ring substituents is 1. The van der Waals surface area contributed by atoms with Gasteiger partial charge in [-0.15, -0.1) is 0 Å². The molecule has 0 bridgehead atoms. The second-order valence-electron chi connectivity index (χ2n) is 5.46. The van der Waals surface area contributed by atoms with Gasteiger partial charge in [0.2, 0.25) is 0 Å². The molecule has 0 aliphatic carbocycles. The average Bonchev–Trinajstić information content (AvgIpc) is 2.70. The van der Waals surface area contributed by atoms with Gasteiger partial charge in [-0.25, -0.2) is 4.79 Å². The second-order valence-corrected chi connectivity index (χ2v) is 5.86. The molecule has 0 heterocycles. The number of anilines is 2. The molecule has 148 valence electrons. The highest BCUT2D eigenvalue weighted by atomic mass is 35.5. The maximum Gasteiger partial charge on any atom is 0.340 e. The lowest BCUT2D eigenvalue weighted by atomic mass is 10.1. The summed E-state index contributed by atoms with van der Waals surface area (Å²) in [5.74, 6) is -1.41. The van der Waals surface area contributed by atoms with Crippen LogP contribution in [0.25, 0.3) is 0 Å². The van der Waals surface area contributed by atoms with Crippen molar-refractivity contribution >= 4 is 40.5 Å². The first-order chi connectivity index (χ1) is 13.9. The molecule has 0 unspecified atom stereocenters. The number of nitro benzene ring substituents is 1. The Kier molecular flexibility index (Phi) is 7.28. The van der Waals surface area contributed by atoms with Crippen molar-refractivity contribution in [1.82, 2.24) is 0 Å². The molecular formula is C19H15ClN4O5. The zero-order chi connectivity index (χ0) is 21.4. The van der Waals surface area contributed by atoms with Crippen LogP contribution >= 0.6 is 11.6 Å². The minimum Gasteiger partial charge on any atom is -0.462 e. The van der Waals surface area contributed by atoms with E-state index in [1.54, 1.807) is 25.1 Å². The van der Waals surface area contributed by atoms with Crippen molar-refractivity contribution in [1.29, 1.82) is 5.26 Å². The molecule has 2 aromatic rings. The van der Waals surface area contributed by atoms with Crippen LogP contribution in [0.4, 0.5) is 17.1 Å². The fourth-order valence-corrected chi connectivity index (χ4v) is 2.38. The lowest BCUT2D eigenvalue weighted by molar-refractivity contribution is -0.384. The topological polar surface area (TPSA) is 134 Å². The highest BCUT2D eigenvalue weighted by molar-refractivity contribution is 6.33. The standard InChI is InChI=1S/C19H15ClN4O5/c1-2-29-19(26)14-5-3-4-6-16(14)23-18(25)12(10-21)11-22-17-9-13(24(27)28)7-8-15(17)20/h3-9,11,22H,2H2,1H3,(H,23,25)/b12-11-. The van der Waals surface area contributed by atoms with Crippen LogP contribution in [0.1, 0.15) is 17.3 Å². The Morgan fingerprint density at radius 3 is 2.66 bits per heavy atom. The van der Waals surface area contributed by atoms with Gasteiger partial charge < -0.3 is 15.4 Å². The van der Waals surface area contributed by atoms with Gasteiger partial charge in [0.15, 0.2) is 0 Å². The average molecular weight is 415 g/mol. The van der Waals surface area contributed by atoms with Crippen molar-refractivity contribution in [3.8, 4) is 6.07 Å². The van der Waals surface area contributed by atoms with Crippen LogP contribution in [0.15, 0.2) is 54.2 Å². The number of ether oxygens (including phenoxy) is 1. The van der Waals surface area contributed by atoms with E-state index in [1.165, 1.54) is 30.3 Å². The van der Waals surface area contributed by atoms with E-state index >= 15 is 0 Å². The van der Waals surface area contributed by atoms with Crippen molar-refractivity contribution in [2.75, 3.05) is 17.2 Å². The Hall–Kier alpha value is -3.90. The van der Waals surface area contributed by atoms with Crippen LogP contribution in [0, 0.1) is 21.4 Å². The van der Waals surface area contributed by atoms with E-state index in [4.69, 9.17) is 16.3 Å². The molecule has 1 amide bonds. The predicted octanol–water partition coefficient (Wildman–Crippen LogP) is 3.88. The third-order valence-electron chi connectivity index (χ3n) is 3.57. The van der Waals surface area contributed by atoms with Crippen molar-refractivity contribution in [2.24, 2.45) is 0 Å². The number of esters is 1. The summed E-state index contributed by atoms with van der Waals surface area (Å²) in [5.41, 5.74) is -0.101. The Bertz CT molecular complexity index is 1030. The van der Waals surface area contributed by atoms with Crippen molar-refractivity contribution in [3.63, 3.8) is 0 Å². The minimum atomic E-state index is -0.793. The van der Waals surface area contributed by atoms with E-state index in [1.807, 2.05) is 0 Å². The molecule has 0 fully saturated rings. The Labute approximate surface area is 170 Å². The minimum absolute atomic E-state index is 0.134. The molecule has 0 aromatic heterocycles. The smallest absolute Gasteiger partial charge is 0.340 e. The molecule has 2 aromatic carbocycles. The second kappa shape index (κ2) is 9.87. The molecule has 10 heteroatoms. The zero-order valence-electron chi connectivity index (χ0n) is 15.1. The van der Waals surface area contributed by atoms with Crippen LogP contribution in [-0.2, 0) is 9.53 Å². The largest absolute Gasteiger partial charge is 0.462 e. The van der Waals surface area contributed by atoms with E-state index < -0.39 is 16.8 Å². The van der Waals surface area contributed by atoms with Crippen molar-refractivity contribution in [2.45, 2.75) is 6.92 Å². The lowest BCUT2D eigenvalue weighted by Gasteiger charge is -2.10. The maximum atomic E-state index is 12.4. The number of carbonyl (C=O) groups excluding carboxylic acids is 2. The number of rotatable bonds is 7. The first-order valence-corrected chi connectivity index (χ1v) is 8.63. The summed E-state index contributed by atoms with van der Waals surface area (Å²) < 4.78 is 4.93. The van der Waals surface area contributed by atoms with E-state index in [0.717, 1.165) is 6.20 Å². The molecule has 2 N–H and O–H groups in total. The number of benzene rings is 2. The van der Waals surface area contributed by atoms with Gasteiger partial charge in [-0.3, -0.25) is 14.9 Å². The fourth-order valence-electron chi connectivity index (χ4n) is 2.20. The molecule has 29 heavy (non-hydrogen) atoms. The molecule has 0 saturated carbocycles. The predicted molar refractivity (Wildman–Crippen MR) is 106 cm³/mol. The van der Waals surface area contributed by atoms with E-state index in [9.17, 15) is 25.0 Å². The highest BCUT2D eigenvalue weighted by Gasteiger charge is 2.16. The number of amides is 1. The number of nitrogens with one attached hydrogen (secondary N) is 2. The number of carbonyl (C=O) groups is 2. The molecule has 2 rings (SSSR count). The van der Waals surface area contributed by atoms with E-state index in [-0.39, 0.29) is 39.8 Å². The Morgan fingerprint density at radius 2 is 2.00 bits per heavy atom. The number of nitro groups is 1. The summed E-state index contributed by atoms with van der Waals surface area (Å²) in [4.78, 5) is 34.7. The molecule has 9 nitrogen and oxygen atoms in total. The summed E-state index contributed by atoms with van der Waals surface area (Å²) in [6.07, 6.45) is 1.06. The summed E-state index contributed by atoms with van der Waals surface area (Å²) in [7, 11) is 0. The lowest BCUT2D eigenvalue weighted by Crippen LogP contribution is -2.17. The van der Waals surface area contributed by atoms with Gasteiger partial charge >= 0.3 is 5.97 Å². The molecule has 0 atom stereocenters. The molecular weight excluding hydrogens is 400 g/mol. The first-order valence-electron chi connectivity index (χ1n) is 8.25. The van der Waals surface area contributed by atoms with Gasteiger partial charge in [0.05, 0.1) is 33.5 Å². The van der Waals surface area contributed by atoms with Gasteiger partial charge in [-0.1, -0.05) is 23.7 Å². The van der Waals surface area contributed by atoms with Crippen molar-refractivity contribution < 1.29 is 19.2 Å². The van der Waals surface area contributed by atoms with Crippen LogP contribution < -0.4 is 10.6 Å². The number of para-hydroxylation sites is 1. The monoisotopic (exact) mass is 414 g/mol. The van der Waals surface area contributed by atoms with E-state index in [2.05, 4.69) is 10.6 Å². The highest BCUT2D eigenvalue weighted by Crippen LogP contribution is 2.27. The molecule has 0 spiro atoms. The third kappa shape index (κ3) is 5.54. The number of halogens is 1. The van der Waals surface area contributed by atoms with Gasteiger partial charge in [-0.05, 0) is 25.1 Å². The summed E-state index contributed by atoms with van der Waals surface area (Å²) in [6.45, 7) is 1.82. The van der Waals surface area contributed by atoms with Crippen LogP contribution in [0.3, 0.4) is 0 Å². The number of hydrogen-bond donors (Lipinski definition) is 2. The van der Waals surface area contributed by atoms with Crippen LogP contribution in [0.2, 0.25) is 5.02 Å². The van der Waals surface area contributed by atoms with Gasteiger partial charge in [0.25, 0.3) is 11.6 Å². The molecule has 0 saturated heterocycles. The van der Waals surface area contributed by atoms with Gasteiger partial charge in [0.1, 0.15) is 11.6 Å². The van der Waals surface area contributed by atoms with Gasteiger partial charge in [0, 0.05) is 18.3 Å². The maximum absolute atomic E-state index is 12.4. The summed E-state index contributed by atoms with van der Waals surface area (Å²) in [6, 6.07) is 11.6. The summed E-state index contributed by atoms with van der Waals surface area (Å²) in [5, 5.41) is 25.4. The molecule has 0 radical (unpaired) electrons. The normalized spacial score (nSPS) is 10.6. The molecule has 0 aliphatic heterocycles. The quantitative estimate of drug-likeness (QED) is 0.231. The van der Waals surface area contributed by atoms with Crippen molar-refractivity contribution in [3.05, 3.63) is 74.9 Å². The molecule has 0 aliphatic rings. The third-order valence-corrected chi connectivity index (χ3v) is 3.90. The SMILES string of the molecule is CCOC(=O)c1ccccc1NC(=O)/C(C#N)=C\Nc1cc([N+](=O)[O-])ccc1Cl. The number of nitrogens with zero attached hydrogens (tertiary/aromatic N) is 2. The van der Waals surface area contributed by atoms with Crippen LogP contribution in [0.5, 0.6) is 0 Å². The first kappa shape index (κ1) is 21.4. The summed E-state index contributed by atoms with van der Waals surface area (Å²) >= 11 is 5.97.